The number of benzene rings is 1. The third-order valence-electron chi connectivity index (χ3n) is 2.14. The van der Waals surface area contributed by atoms with Gasteiger partial charge in [-0.3, -0.25) is 0 Å². The van der Waals surface area contributed by atoms with Gasteiger partial charge in [-0.25, -0.2) is 4.79 Å². The molecule has 0 amide bonds. The molecule has 0 spiro atoms. The van der Waals surface area contributed by atoms with Gasteiger partial charge in [0.25, 0.3) is 0 Å². The molecule has 0 fully saturated rings. The molecular weight excluding hydrogens is 247 g/mol. The fraction of sp³-hybridized carbons (Fsp3) is 0.417. The van der Waals surface area contributed by atoms with Gasteiger partial charge in [0.2, 0.25) is 0 Å². The summed E-state index contributed by atoms with van der Waals surface area (Å²) < 4.78 is 4.89. The summed E-state index contributed by atoms with van der Waals surface area (Å²) in [5.74, 6) is 0.268. The van der Waals surface area contributed by atoms with E-state index in [1.165, 1.54) is 0 Å². The summed E-state index contributed by atoms with van der Waals surface area (Å²) in [6.07, 6.45) is 1.70. The highest BCUT2D eigenvalue weighted by Gasteiger charge is 2.09. The summed E-state index contributed by atoms with van der Waals surface area (Å²) in [4.78, 5) is 11.4. The van der Waals surface area contributed by atoms with Crippen molar-refractivity contribution in [1.29, 1.82) is 0 Å². The second-order valence-electron chi connectivity index (χ2n) is 3.32. The molecular formula is C12H14Cl2O2. The van der Waals surface area contributed by atoms with Crippen molar-refractivity contribution >= 4 is 29.2 Å². The van der Waals surface area contributed by atoms with E-state index in [1.54, 1.807) is 19.1 Å². The lowest BCUT2D eigenvalue weighted by molar-refractivity contribution is 0.0526. The molecule has 0 radical (unpaired) electrons. The van der Waals surface area contributed by atoms with Gasteiger partial charge in [0.05, 0.1) is 12.2 Å². The van der Waals surface area contributed by atoms with Crippen molar-refractivity contribution < 1.29 is 9.53 Å². The maximum Gasteiger partial charge on any atom is 0.338 e. The van der Waals surface area contributed by atoms with Crippen LogP contribution in [0.4, 0.5) is 0 Å². The molecule has 0 N–H and O–H groups in total. The molecule has 1 aromatic carbocycles. The third-order valence-corrected chi connectivity index (χ3v) is 2.76. The normalized spacial score (nSPS) is 10.2. The van der Waals surface area contributed by atoms with Crippen LogP contribution in [0.3, 0.4) is 0 Å². The average Bonchev–Trinajstić information content (AvgIpc) is 2.27. The molecule has 0 saturated heterocycles. The van der Waals surface area contributed by atoms with E-state index >= 15 is 0 Å². The minimum absolute atomic E-state index is 0.340. The van der Waals surface area contributed by atoms with Crippen LogP contribution in [-0.2, 0) is 11.2 Å². The van der Waals surface area contributed by atoms with Gasteiger partial charge in [-0.1, -0.05) is 17.7 Å². The second kappa shape index (κ2) is 6.77. The molecule has 0 aliphatic rings. The highest BCUT2D eigenvalue weighted by Crippen LogP contribution is 2.20. The van der Waals surface area contributed by atoms with E-state index in [9.17, 15) is 4.79 Å². The summed E-state index contributed by atoms with van der Waals surface area (Å²) in [6, 6.07) is 5.22. The number of carbonyl (C=O) groups excluding carboxylic acids is 1. The Morgan fingerprint density at radius 2 is 2.19 bits per heavy atom. The predicted octanol–water partition coefficient (Wildman–Crippen LogP) is 3.69. The van der Waals surface area contributed by atoms with E-state index < -0.39 is 0 Å². The quantitative estimate of drug-likeness (QED) is 0.596. The van der Waals surface area contributed by atoms with E-state index in [0.717, 1.165) is 18.4 Å². The number of hydrogen-bond acceptors (Lipinski definition) is 2. The lowest BCUT2D eigenvalue weighted by Crippen LogP contribution is -2.04. The number of ether oxygens (including phenoxy) is 1. The van der Waals surface area contributed by atoms with Gasteiger partial charge < -0.3 is 4.74 Å². The minimum Gasteiger partial charge on any atom is -0.462 e. The highest BCUT2D eigenvalue weighted by atomic mass is 35.5. The molecule has 0 aromatic heterocycles. The first kappa shape index (κ1) is 13.3. The predicted molar refractivity (Wildman–Crippen MR) is 66.4 cm³/mol. The van der Waals surface area contributed by atoms with Crippen molar-refractivity contribution in [2.24, 2.45) is 0 Å². The van der Waals surface area contributed by atoms with E-state index in [2.05, 4.69) is 0 Å². The molecule has 0 bridgehead atoms. The zero-order chi connectivity index (χ0) is 12.0. The standard InChI is InChI=1S/C12H14Cl2O2/c1-2-16-12(15)10-6-5-9(4-3-7-13)11(14)8-10/h5-6,8H,2-4,7H2,1H3. The van der Waals surface area contributed by atoms with Crippen LogP contribution in [0.25, 0.3) is 0 Å². The third kappa shape index (κ3) is 3.69. The number of aryl methyl sites for hydroxylation is 1. The Hall–Kier alpha value is -0.730. The fourth-order valence-electron chi connectivity index (χ4n) is 1.35. The molecule has 0 heterocycles. The first-order valence-electron chi connectivity index (χ1n) is 5.20. The Labute approximate surface area is 106 Å². The summed E-state index contributed by atoms with van der Waals surface area (Å²) in [7, 11) is 0. The van der Waals surface area contributed by atoms with Crippen LogP contribution in [0, 0.1) is 0 Å². The molecule has 1 rings (SSSR count). The molecule has 16 heavy (non-hydrogen) atoms. The van der Waals surface area contributed by atoms with Crippen molar-refractivity contribution in [3.05, 3.63) is 34.3 Å². The van der Waals surface area contributed by atoms with Gasteiger partial charge in [-0.15, -0.1) is 11.6 Å². The maximum atomic E-state index is 11.4. The lowest BCUT2D eigenvalue weighted by Gasteiger charge is -2.06. The van der Waals surface area contributed by atoms with Gasteiger partial charge >= 0.3 is 5.97 Å². The SMILES string of the molecule is CCOC(=O)c1ccc(CCCCl)c(Cl)c1. The first-order chi connectivity index (χ1) is 7.69. The van der Waals surface area contributed by atoms with Crippen LogP contribution < -0.4 is 0 Å². The molecule has 0 unspecified atom stereocenters. The van der Waals surface area contributed by atoms with E-state index in [0.29, 0.717) is 23.1 Å². The first-order valence-corrected chi connectivity index (χ1v) is 6.11. The fourth-order valence-corrected chi connectivity index (χ4v) is 1.76. The van der Waals surface area contributed by atoms with Crippen molar-refractivity contribution in [1.82, 2.24) is 0 Å². The van der Waals surface area contributed by atoms with E-state index in [1.807, 2.05) is 6.07 Å². The van der Waals surface area contributed by atoms with Gasteiger partial charge in [0, 0.05) is 10.9 Å². The van der Waals surface area contributed by atoms with E-state index in [4.69, 9.17) is 27.9 Å². The highest BCUT2D eigenvalue weighted by molar-refractivity contribution is 6.31. The maximum absolute atomic E-state index is 11.4. The largest absolute Gasteiger partial charge is 0.462 e. The van der Waals surface area contributed by atoms with Crippen molar-refractivity contribution in [2.45, 2.75) is 19.8 Å². The Balaban J connectivity index is 2.78. The molecule has 88 valence electrons. The Morgan fingerprint density at radius 1 is 1.44 bits per heavy atom. The second-order valence-corrected chi connectivity index (χ2v) is 4.10. The van der Waals surface area contributed by atoms with Gasteiger partial charge in [-0.05, 0) is 37.5 Å². The zero-order valence-corrected chi connectivity index (χ0v) is 10.6. The van der Waals surface area contributed by atoms with Gasteiger partial charge in [0.15, 0.2) is 0 Å². The Morgan fingerprint density at radius 3 is 2.75 bits per heavy atom. The minimum atomic E-state index is -0.340. The number of rotatable bonds is 5. The van der Waals surface area contributed by atoms with E-state index in [-0.39, 0.29) is 5.97 Å². The Kier molecular flexibility index (Phi) is 5.64. The summed E-state index contributed by atoms with van der Waals surface area (Å²) >= 11 is 11.7. The van der Waals surface area contributed by atoms with Crippen LogP contribution in [0.2, 0.25) is 5.02 Å². The number of halogens is 2. The van der Waals surface area contributed by atoms with Crippen molar-refractivity contribution in [2.75, 3.05) is 12.5 Å². The van der Waals surface area contributed by atoms with Crippen LogP contribution in [-0.4, -0.2) is 18.5 Å². The average molecular weight is 261 g/mol. The van der Waals surface area contributed by atoms with Gasteiger partial charge in [-0.2, -0.15) is 0 Å². The smallest absolute Gasteiger partial charge is 0.338 e. The van der Waals surface area contributed by atoms with Gasteiger partial charge in [0.1, 0.15) is 0 Å². The number of alkyl halides is 1. The molecule has 0 aliphatic heterocycles. The van der Waals surface area contributed by atoms with Crippen LogP contribution >= 0.6 is 23.2 Å². The van der Waals surface area contributed by atoms with Crippen LogP contribution in [0.1, 0.15) is 29.3 Å². The summed E-state index contributed by atoms with van der Waals surface area (Å²) in [6.45, 7) is 2.14. The van der Waals surface area contributed by atoms with Crippen molar-refractivity contribution in [3.63, 3.8) is 0 Å². The summed E-state index contributed by atoms with van der Waals surface area (Å²) in [5, 5.41) is 0.593. The zero-order valence-electron chi connectivity index (χ0n) is 9.13. The molecule has 1 aromatic rings. The van der Waals surface area contributed by atoms with Crippen LogP contribution in [0.5, 0.6) is 0 Å². The lowest BCUT2D eigenvalue weighted by atomic mass is 10.1. The van der Waals surface area contributed by atoms with Crippen LogP contribution in [0.15, 0.2) is 18.2 Å². The topological polar surface area (TPSA) is 26.3 Å². The molecule has 0 saturated carbocycles. The monoisotopic (exact) mass is 260 g/mol. The molecule has 2 nitrogen and oxygen atoms in total. The number of carbonyl (C=O) groups is 1. The molecule has 0 atom stereocenters. The molecule has 0 aliphatic carbocycles. The number of esters is 1. The van der Waals surface area contributed by atoms with Crippen molar-refractivity contribution in [3.8, 4) is 0 Å². The summed E-state index contributed by atoms with van der Waals surface area (Å²) in [5.41, 5.74) is 1.50. The molecule has 4 heteroatoms. The number of hydrogen-bond donors (Lipinski definition) is 0. The Bertz CT molecular complexity index is 364.